The molecule has 0 aromatic heterocycles. The Kier molecular flexibility index (Phi) is 4.94. The Bertz CT molecular complexity index is 612. The highest BCUT2D eigenvalue weighted by molar-refractivity contribution is 5.60. The zero-order valence-electron chi connectivity index (χ0n) is 13.3. The summed E-state index contributed by atoms with van der Waals surface area (Å²) in [4.78, 5) is 6.12. The zero-order chi connectivity index (χ0) is 15.4. The monoisotopic (exact) mass is 286 g/mol. The lowest BCUT2D eigenvalue weighted by atomic mass is 10.0. The summed E-state index contributed by atoms with van der Waals surface area (Å²) in [5, 5.41) is 0. The van der Waals surface area contributed by atoms with Gasteiger partial charge in [-0.05, 0) is 44.7 Å². The Morgan fingerprint density at radius 2 is 1.95 bits per heavy atom. The van der Waals surface area contributed by atoms with Crippen molar-refractivity contribution in [3.05, 3.63) is 58.2 Å². The minimum atomic E-state index is -0.224. The highest BCUT2D eigenvalue weighted by Crippen LogP contribution is 2.24. The van der Waals surface area contributed by atoms with Crippen LogP contribution in [0.5, 0.6) is 0 Å². The fraction of sp³-hybridized carbons (Fsp3) is 0.389. The lowest BCUT2D eigenvalue weighted by molar-refractivity contribution is 0.390. The molecular formula is C18H23FN2. The standard InChI is InChI=1S/C18H23FN2/c1-13-8-9-16(14(2)11-13)12-21(4)17-7-5-6-10-20-15(3)18(17)19/h7-11H,5-6,12H2,1-4H3/b17-7+,18-15?,20-10?. The first kappa shape index (κ1) is 15.5. The number of nitrogens with zero attached hydrogens (tertiary/aromatic N) is 2. The molecule has 1 aliphatic heterocycles. The van der Waals surface area contributed by atoms with Crippen molar-refractivity contribution in [3.63, 3.8) is 0 Å². The largest absolute Gasteiger partial charge is 0.368 e. The summed E-state index contributed by atoms with van der Waals surface area (Å²) in [6, 6.07) is 6.39. The van der Waals surface area contributed by atoms with Gasteiger partial charge in [0.25, 0.3) is 0 Å². The van der Waals surface area contributed by atoms with Crippen LogP contribution in [0, 0.1) is 13.8 Å². The first-order chi connectivity index (χ1) is 9.99. The lowest BCUT2D eigenvalue weighted by Gasteiger charge is -2.24. The quantitative estimate of drug-likeness (QED) is 0.787. The van der Waals surface area contributed by atoms with Crippen LogP contribution in [0.15, 0.2) is 46.5 Å². The van der Waals surface area contributed by atoms with Crippen LogP contribution in [0.1, 0.15) is 36.5 Å². The second kappa shape index (κ2) is 6.70. The minimum Gasteiger partial charge on any atom is -0.368 e. The highest BCUT2D eigenvalue weighted by Gasteiger charge is 2.15. The Morgan fingerprint density at radius 3 is 2.67 bits per heavy atom. The topological polar surface area (TPSA) is 15.6 Å². The molecule has 2 rings (SSSR count). The molecule has 0 bridgehead atoms. The third-order valence-electron chi connectivity index (χ3n) is 3.78. The number of hydrogen-bond acceptors (Lipinski definition) is 2. The summed E-state index contributed by atoms with van der Waals surface area (Å²) in [7, 11) is 1.93. The van der Waals surface area contributed by atoms with E-state index < -0.39 is 0 Å². The Labute approximate surface area is 126 Å². The Morgan fingerprint density at radius 1 is 1.19 bits per heavy atom. The average molecular weight is 286 g/mol. The van der Waals surface area contributed by atoms with E-state index in [-0.39, 0.29) is 5.83 Å². The smallest absolute Gasteiger partial charge is 0.167 e. The molecule has 0 unspecified atom stereocenters. The van der Waals surface area contributed by atoms with Crippen LogP contribution in [0.25, 0.3) is 0 Å². The number of hydrogen-bond donors (Lipinski definition) is 0. The summed E-state index contributed by atoms with van der Waals surface area (Å²) >= 11 is 0. The summed E-state index contributed by atoms with van der Waals surface area (Å²) in [6.07, 6.45) is 5.42. The molecule has 0 amide bonds. The molecule has 1 heterocycles. The van der Waals surface area contributed by atoms with Gasteiger partial charge < -0.3 is 4.90 Å². The van der Waals surface area contributed by atoms with Crippen molar-refractivity contribution in [1.82, 2.24) is 4.90 Å². The molecule has 1 aromatic carbocycles. The zero-order valence-corrected chi connectivity index (χ0v) is 13.3. The number of rotatable bonds is 3. The summed E-state index contributed by atoms with van der Waals surface area (Å²) in [5.74, 6) is -0.224. The van der Waals surface area contributed by atoms with Gasteiger partial charge in [-0.2, -0.15) is 0 Å². The van der Waals surface area contributed by atoms with Crippen LogP contribution in [0.2, 0.25) is 0 Å². The molecule has 112 valence electrons. The fourth-order valence-electron chi connectivity index (χ4n) is 2.51. The van der Waals surface area contributed by atoms with Gasteiger partial charge in [0, 0.05) is 19.8 Å². The van der Waals surface area contributed by atoms with Crippen molar-refractivity contribution in [1.29, 1.82) is 0 Å². The molecule has 0 saturated heterocycles. The fourth-order valence-corrected chi connectivity index (χ4v) is 2.51. The van der Waals surface area contributed by atoms with Crippen molar-refractivity contribution in [3.8, 4) is 0 Å². The van der Waals surface area contributed by atoms with E-state index in [2.05, 4.69) is 37.0 Å². The molecule has 21 heavy (non-hydrogen) atoms. The van der Waals surface area contributed by atoms with Crippen LogP contribution >= 0.6 is 0 Å². The van der Waals surface area contributed by atoms with Crippen molar-refractivity contribution >= 4 is 6.21 Å². The number of allylic oxidation sites excluding steroid dienone is 3. The molecule has 3 heteroatoms. The predicted octanol–water partition coefficient (Wildman–Crippen LogP) is 4.68. The third kappa shape index (κ3) is 3.81. The van der Waals surface area contributed by atoms with Gasteiger partial charge in [-0.15, -0.1) is 0 Å². The Hall–Kier alpha value is -1.90. The lowest BCUT2D eigenvalue weighted by Crippen LogP contribution is -2.19. The predicted molar refractivity (Wildman–Crippen MR) is 87.0 cm³/mol. The number of benzene rings is 1. The second-order valence-electron chi connectivity index (χ2n) is 5.66. The number of aliphatic imine (C=N–C) groups is 1. The summed E-state index contributed by atoms with van der Waals surface area (Å²) < 4.78 is 14.5. The molecule has 0 N–H and O–H groups in total. The minimum absolute atomic E-state index is 0.224. The Balaban J connectivity index is 2.24. The van der Waals surface area contributed by atoms with Crippen molar-refractivity contribution in [2.24, 2.45) is 4.99 Å². The van der Waals surface area contributed by atoms with Crippen LogP contribution < -0.4 is 0 Å². The van der Waals surface area contributed by atoms with Crippen LogP contribution in [0.4, 0.5) is 4.39 Å². The molecule has 0 radical (unpaired) electrons. The second-order valence-corrected chi connectivity index (χ2v) is 5.66. The SMILES string of the molecule is CC1=C(F)/C(N(C)Cc2ccc(C)cc2C)=C\CCC=N1. The van der Waals surface area contributed by atoms with Crippen molar-refractivity contribution in [2.75, 3.05) is 7.05 Å². The van der Waals surface area contributed by atoms with Gasteiger partial charge in [0.15, 0.2) is 5.83 Å². The van der Waals surface area contributed by atoms with E-state index in [1.54, 1.807) is 13.1 Å². The van der Waals surface area contributed by atoms with Gasteiger partial charge in [-0.25, -0.2) is 4.39 Å². The van der Waals surface area contributed by atoms with Gasteiger partial charge in [-0.3, -0.25) is 4.99 Å². The van der Waals surface area contributed by atoms with Crippen LogP contribution in [-0.4, -0.2) is 18.2 Å². The van der Waals surface area contributed by atoms with Crippen LogP contribution in [-0.2, 0) is 6.54 Å². The third-order valence-corrected chi connectivity index (χ3v) is 3.78. The van der Waals surface area contributed by atoms with E-state index in [1.165, 1.54) is 16.7 Å². The molecular weight excluding hydrogens is 263 g/mol. The first-order valence-corrected chi connectivity index (χ1v) is 7.35. The summed E-state index contributed by atoms with van der Waals surface area (Å²) in [6.45, 7) is 6.60. The van der Waals surface area contributed by atoms with E-state index in [0.717, 1.165) is 12.8 Å². The number of halogens is 1. The molecule has 0 atom stereocenters. The van der Waals surface area contributed by atoms with Gasteiger partial charge in [0.05, 0.1) is 11.4 Å². The summed E-state index contributed by atoms with van der Waals surface area (Å²) in [5.41, 5.74) is 4.81. The van der Waals surface area contributed by atoms with Gasteiger partial charge in [0.1, 0.15) is 0 Å². The van der Waals surface area contributed by atoms with Gasteiger partial charge in [-0.1, -0.05) is 29.8 Å². The van der Waals surface area contributed by atoms with Crippen LogP contribution in [0.3, 0.4) is 0 Å². The number of likely N-dealkylation sites (N-methyl/N-ethyl adjacent to an activating group) is 1. The number of aryl methyl sites for hydroxylation is 2. The average Bonchev–Trinajstić information content (AvgIpc) is 2.43. The molecule has 1 aliphatic rings. The molecule has 0 spiro atoms. The van der Waals surface area contributed by atoms with E-state index in [1.807, 2.05) is 18.0 Å². The maximum atomic E-state index is 14.5. The first-order valence-electron chi connectivity index (χ1n) is 7.35. The van der Waals surface area contributed by atoms with E-state index in [4.69, 9.17) is 0 Å². The van der Waals surface area contributed by atoms with Gasteiger partial charge in [0.2, 0.25) is 0 Å². The van der Waals surface area contributed by atoms with E-state index >= 15 is 0 Å². The van der Waals surface area contributed by atoms with E-state index in [0.29, 0.717) is 17.9 Å². The van der Waals surface area contributed by atoms with E-state index in [9.17, 15) is 4.39 Å². The maximum absolute atomic E-state index is 14.5. The van der Waals surface area contributed by atoms with Gasteiger partial charge >= 0.3 is 0 Å². The highest BCUT2D eigenvalue weighted by atomic mass is 19.1. The normalized spacial score (nSPS) is 18.0. The molecule has 0 fully saturated rings. The molecule has 2 nitrogen and oxygen atoms in total. The maximum Gasteiger partial charge on any atom is 0.167 e. The van der Waals surface area contributed by atoms with Crippen molar-refractivity contribution in [2.45, 2.75) is 40.2 Å². The molecule has 1 aromatic rings. The molecule has 0 aliphatic carbocycles. The molecule has 0 saturated carbocycles. The van der Waals surface area contributed by atoms with Crippen molar-refractivity contribution < 1.29 is 4.39 Å².